The van der Waals surface area contributed by atoms with Crippen LogP contribution in [0.5, 0.6) is 0 Å². The molecular formula is C12H15ClFNO2. The Hall–Kier alpha value is -1.29. The van der Waals surface area contributed by atoms with Gasteiger partial charge >= 0.3 is 5.97 Å². The van der Waals surface area contributed by atoms with Crippen molar-refractivity contribution < 1.29 is 14.3 Å². The van der Waals surface area contributed by atoms with Gasteiger partial charge in [0.2, 0.25) is 0 Å². The first kappa shape index (κ1) is 13.8. The van der Waals surface area contributed by atoms with E-state index in [1.54, 1.807) is 25.8 Å². The molecule has 0 aliphatic heterocycles. The third kappa shape index (κ3) is 3.33. The first-order valence-corrected chi connectivity index (χ1v) is 5.61. The highest BCUT2D eigenvalue weighted by molar-refractivity contribution is 6.33. The maximum atomic E-state index is 13.4. The van der Waals surface area contributed by atoms with Crippen LogP contribution < -0.4 is 4.90 Å². The van der Waals surface area contributed by atoms with Crippen LogP contribution in [0.4, 0.5) is 10.1 Å². The number of nitrogens with zero attached hydrogens (tertiary/aromatic N) is 1. The molecular weight excluding hydrogens is 245 g/mol. The van der Waals surface area contributed by atoms with Crippen molar-refractivity contribution in [3.8, 4) is 0 Å². The van der Waals surface area contributed by atoms with Gasteiger partial charge in [0, 0.05) is 13.1 Å². The fourth-order valence-electron chi connectivity index (χ4n) is 1.53. The number of aryl methyl sites for hydroxylation is 1. The highest BCUT2D eigenvalue weighted by atomic mass is 35.5. The number of benzene rings is 1. The second-order valence-corrected chi connectivity index (χ2v) is 4.52. The van der Waals surface area contributed by atoms with Gasteiger partial charge in [-0.15, -0.1) is 0 Å². The van der Waals surface area contributed by atoms with E-state index < -0.39 is 5.97 Å². The Morgan fingerprint density at radius 1 is 1.59 bits per heavy atom. The van der Waals surface area contributed by atoms with Crippen molar-refractivity contribution in [2.45, 2.75) is 26.3 Å². The molecule has 1 N–H and O–H groups in total. The van der Waals surface area contributed by atoms with Crippen molar-refractivity contribution in [3.05, 3.63) is 28.5 Å². The molecule has 0 aliphatic rings. The van der Waals surface area contributed by atoms with Gasteiger partial charge in [0.15, 0.2) is 0 Å². The SMILES string of the molecule is Cc1cc(Cl)c(N(C)C(C)CC(=O)O)cc1F. The molecule has 1 aromatic rings. The van der Waals surface area contributed by atoms with Gasteiger partial charge in [0.05, 0.1) is 17.1 Å². The average molecular weight is 260 g/mol. The molecule has 0 radical (unpaired) electrons. The summed E-state index contributed by atoms with van der Waals surface area (Å²) in [6, 6.07) is 2.61. The van der Waals surface area contributed by atoms with Crippen LogP contribution in [0.15, 0.2) is 12.1 Å². The molecule has 5 heteroatoms. The maximum absolute atomic E-state index is 13.4. The molecule has 0 saturated carbocycles. The zero-order valence-corrected chi connectivity index (χ0v) is 10.8. The van der Waals surface area contributed by atoms with Crippen molar-refractivity contribution in [1.29, 1.82) is 0 Å². The van der Waals surface area contributed by atoms with Crippen LogP contribution >= 0.6 is 11.6 Å². The third-order valence-electron chi connectivity index (χ3n) is 2.74. The lowest BCUT2D eigenvalue weighted by Gasteiger charge is -2.27. The topological polar surface area (TPSA) is 40.5 Å². The van der Waals surface area contributed by atoms with Crippen molar-refractivity contribution in [2.75, 3.05) is 11.9 Å². The van der Waals surface area contributed by atoms with Crippen molar-refractivity contribution in [2.24, 2.45) is 0 Å². The zero-order valence-electron chi connectivity index (χ0n) is 10.00. The fourth-order valence-corrected chi connectivity index (χ4v) is 1.88. The molecule has 0 heterocycles. The smallest absolute Gasteiger partial charge is 0.305 e. The second kappa shape index (κ2) is 5.36. The first-order valence-electron chi connectivity index (χ1n) is 5.23. The van der Waals surface area contributed by atoms with Gasteiger partial charge in [-0.3, -0.25) is 4.79 Å². The van der Waals surface area contributed by atoms with E-state index in [-0.39, 0.29) is 18.3 Å². The summed E-state index contributed by atoms with van der Waals surface area (Å²) in [5.74, 6) is -1.24. The molecule has 3 nitrogen and oxygen atoms in total. The summed E-state index contributed by atoms with van der Waals surface area (Å²) in [5.41, 5.74) is 0.974. The van der Waals surface area contributed by atoms with Crippen molar-refractivity contribution in [3.63, 3.8) is 0 Å². The molecule has 17 heavy (non-hydrogen) atoms. The van der Waals surface area contributed by atoms with E-state index in [9.17, 15) is 9.18 Å². The van der Waals surface area contributed by atoms with E-state index >= 15 is 0 Å². The molecule has 0 aromatic heterocycles. The normalized spacial score (nSPS) is 12.3. The van der Waals surface area contributed by atoms with Gasteiger partial charge in [-0.1, -0.05) is 11.6 Å². The van der Waals surface area contributed by atoms with E-state index in [0.29, 0.717) is 16.3 Å². The van der Waals surface area contributed by atoms with E-state index in [4.69, 9.17) is 16.7 Å². The van der Waals surface area contributed by atoms with Crippen LogP contribution in [0, 0.1) is 12.7 Å². The molecule has 0 bridgehead atoms. The monoisotopic (exact) mass is 259 g/mol. The summed E-state index contributed by atoms with van der Waals surface area (Å²) in [6.45, 7) is 3.38. The molecule has 1 aromatic carbocycles. The molecule has 0 amide bonds. The number of carboxylic acids is 1. The minimum atomic E-state index is -0.895. The lowest BCUT2D eigenvalue weighted by molar-refractivity contribution is -0.137. The van der Waals surface area contributed by atoms with Gasteiger partial charge in [0.1, 0.15) is 5.82 Å². The van der Waals surface area contributed by atoms with Gasteiger partial charge < -0.3 is 10.0 Å². The summed E-state index contributed by atoms with van der Waals surface area (Å²) in [5, 5.41) is 9.13. The van der Waals surface area contributed by atoms with Crippen LogP contribution in [-0.2, 0) is 4.79 Å². The fraction of sp³-hybridized carbons (Fsp3) is 0.417. The zero-order chi connectivity index (χ0) is 13.2. The largest absolute Gasteiger partial charge is 0.481 e. The van der Waals surface area contributed by atoms with Crippen LogP contribution in [0.1, 0.15) is 18.9 Å². The Morgan fingerprint density at radius 2 is 2.18 bits per heavy atom. The molecule has 94 valence electrons. The van der Waals surface area contributed by atoms with Crippen LogP contribution in [0.2, 0.25) is 5.02 Å². The van der Waals surface area contributed by atoms with Gasteiger partial charge in [-0.2, -0.15) is 0 Å². The Morgan fingerprint density at radius 3 is 2.71 bits per heavy atom. The summed E-state index contributed by atoms with van der Waals surface area (Å²) < 4.78 is 13.4. The summed E-state index contributed by atoms with van der Waals surface area (Å²) in [7, 11) is 1.70. The number of carbonyl (C=O) groups is 1. The number of hydrogen-bond acceptors (Lipinski definition) is 2. The van der Waals surface area contributed by atoms with Crippen molar-refractivity contribution >= 4 is 23.3 Å². The van der Waals surface area contributed by atoms with Gasteiger partial charge in [-0.25, -0.2) is 4.39 Å². The lowest BCUT2D eigenvalue weighted by atomic mass is 10.1. The molecule has 1 atom stereocenters. The van der Waals surface area contributed by atoms with E-state index in [1.807, 2.05) is 0 Å². The number of anilines is 1. The number of halogens is 2. The predicted molar refractivity (Wildman–Crippen MR) is 66.3 cm³/mol. The first-order chi connectivity index (χ1) is 7.82. The molecule has 0 aliphatic carbocycles. The minimum absolute atomic E-state index is 0.0255. The molecule has 1 unspecified atom stereocenters. The summed E-state index contributed by atoms with van der Waals surface area (Å²) in [4.78, 5) is 12.3. The molecule has 0 spiro atoms. The Kier molecular flexibility index (Phi) is 4.34. The van der Waals surface area contributed by atoms with E-state index in [1.165, 1.54) is 12.1 Å². The highest BCUT2D eigenvalue weighted by Crippen LogP contribution is 2.29. The predicted octanol–water partition coefficient (Wildman–Crippen LogP) is 3.09. The standard InChI is InChI=1S/C12H15ClFNO2/c1-7-4-9(13)11(6-10(7)14)15(3)8(2)5-12(16)17/h4,6,8H,5H2,1-3H3,(H,16,17). The number of rotatable bonds is 4. The quantitative estimate of drug-likeness (QED) is 0.903. The third-order valence-corrected chi connectivity index (χ3v) is 3.04. The van der Waals surface area contributed by atoms with E-state index in [2.05, 4.69) is 0 Å². The summed E-state index contributed by atoms with van der Waals surface area (Å²) in [6.07, 6.45) is -0.0255. The lowest BCUT2D eigenvalue weighted by Crippen LogP contribution is -2.31. The molecule has 0 saturated heterocycles. The second-order valence-electron chi connectivity index (χ2n) is 4.11. The number of carboxylic acid groups (broad SMARTS) is 1. The van der Waals surface area contributed by atoms with Gasteiger partial charge in [0.25, 0.3) is 0 Å². The molecule has 0 fully saturated rings. The Balaban J connectivity index is 2.99. The number of aliphatic carboxylic acids is 1. The highest BCUT2D eigenvalue weighted by Gasteiger charge is 2.17. The van der Waals surface area contributed by atoms with Crippen LogP contribution in [0.25, 0.3) is 0 Å². The molecule has 1 rings (SSSR count). The summed E-state index contributed by atoms with van der Waals surface area (Å²) >= 11 is 6.02. The Bertz CT molecular complexity index is 437. The van der Waals surface area contributed by atoms with Gasteiger partial charge in [-0.05, 0) is 31.5 Å². The maximum Gasteiger partial charge on any atom is 0.305 e. The average Bonchev–Trinajstić information content (AvgIpc) is 2.21. The van der Waals surface area contributed by atoms with Crippen LogP contribution in [-0.4, -0.2) is 24.2 Å². The van der Waals surface area contributed by atoms with Crippen LogP contribution in [0.3, 0.4) is 0 Å². The van der Waals surface area contributed by atoms with E-state index in [0.717, 1.165) is 0 Å². The number of hydrogen-bond donors (Lipinski definition) is 1. The minimum Gasteiger partial charge on any atom is -0.481 e. The van der Waals surface area contributed by atoms with Crippen molar-refractivity contribution in [1.82, 2.24) is 0 Å². The Labute approximate surface area is 105 Å².